The number of rotatable bonds is 1. The standard InChI is InChI=1S/C8H12N2O3/c1-4-2-5(7(11)12)8(10,13)3-6(4)9/h2-3,5,13H,9-10H2,1H3,(H,11,12). The Balaban J connectivity index is 3.09. The van der Waals surface area contributed by atoms with Gasteiger partial charge in [0, 0.05) is 5.70 Å². The van der Waals surface area contributed by atoms with Crippen molar-refractivity contribution in [2.45, 2.75) is 12.6 Å². The van der Waals surface area contributed by atoms with E-state index >= 15 is 0 Å². The molecule has 1 aliphatic carbocycles. The van der Waals surface area contributed by atoms with Crippen LogP contribution in [0.1, 0.15) is 6.92 Å². The molecule has 6 N–H and O–H groups in total. The van der Waals surface area contributed by atoms with Gasteiger partial charge in [0.15, 0.2) is 5.72 Å². The fraction of sp³-hybridized carbons (Fsp3) is 0.375. The predicted octanol–water partition coefficient (Wildman–Crippen LogP) is -0.863. The van der Waals surface area contributed by atoms with Crippen molar-refractivity contribution in [2.75, 3.05) is 0 Å². The summed E-state index contributed by atoms with van der Waals surface area (Å²) >= 11 is 0. The summed E-state index contributed by atoms with van der Waals surface area (Å²) < 4.78 is 0. The Kier molecular flexibility index (Phi) is 2.15. The monoisotopic (exact) mass is 184 g/mol. The average molecular weight is 184 g/mol. The molecule has 0 heterocycles. The Labute approximate surface area is 75.3 Å². The third kappa shape index (κ3) is 1.71. The molecule has 72 valence electrons. The number of aliphatic hydroxyl groups is 1. The molecule has 0 radical (unpaired) electrons. The van der Waals surface area contributed by atoms with Gasteiger partial charge in [-0.3, -0.25) is 10.5 Å². The molecule has 0 aliphatic heterocycles. The van der Waals surface area contributed by atoms with Gasteiger partial charge < -0.3 is 15.9 Å². The third-order valence-corrected chi connectivity index (χ3v) is 2.02. The first-order valence-electron chi connectivity index (χ1n) is 3.76. The van der Waals surface area contributed by atoms with Crippen molar-refractivity contribution < 1.29 is 15.0 Å². The van der Waals surface area contributed by atoms with Crippen LogP contribution in [0, 0.1) is 5.92 Å². The number of hydrogen-bond donors (Lipinski definition) is 4. The lowest BCUT2D eigenvalue weighted by atomic mass is 9.87. The number of allylic oxidation sites excluding steroid dienone is 1. The van der Waals surface area contributed by atoms with Crippen molar-refractivity contribution in [2.24, 2.45) is 17.4 Å². The molecule has 1 rings (SSSR count). The third-order valence-electron chi connectivity index (χ3n) is 2.02. The fourth-order valence-electron chi connectivity index (χ4n) is 1.20. The molecule has 0 amide bonds. The van der Waals surface area contributed by atoms with Crippen LogP contribution in [0.15, 0.2) is 23.4 Å². The molecule has 0 saturated carbocycles. The number of hydrogen-bond acceptors (Lipinski definition) is 4. The zero-order valence-corrected chi connectivity index (χ0v) is 7.19. The zero-order chi connectivity index (χ0) is 10.2. The van der Waals surface area contributed by atoms with Crippen LogP contribution >= 0.6 is 0 Å². The summed E-state index contributed by atoms with van der Waals surface area (Å²) in [7, 11) is 0. The summed E-state index contributed by atoms with van der Waals surface area (Å²) in [6, 6.07) is 0. The molecule has 1 aliphatic rings. The minimum atomic E-state index is -1.89. The summed E-state index contributed by atoms with van der Waals surface area (Å²) in [5.74, 6) is -2.31. The highest BCUT2D eigenvalue weighted by atomic mass is 16.4. The Morgan fingerprint density at radius 1 is 1.69 bits per heavy atom. The van der Waals surface area contributed by atoms with Crippen molar-refractivity contribution in [3.63, 3.8) is 0 Å². The Bertz CT molecular complexity index is 305. The van der Waals surface area contributed by atoms with Crippen LogP contribution in [0.4, 0.5) is 0 Å². The van der Waals surface area contributed by atoms with E-state index in [4.69, 9.17) is 16.6 Å². The van der Waals surface area contributed by atoms with Crippen molar-refractivity contribution in [3.8, 4) is 0 Å². The fourth-order valence-corrected chi connectivity index (χ4v) is 1.20. The Hall–Kier alpha value is -1.33. The van der Waals surface area contributed by atoms with Crippen LogP contribution in [0.3, 0.4) is 0 Å². The first-order chi connectivity index (χ1) is 5.84. The van der Waals surface area contributed by atoms with Gasteiger partial charge in [0.1, 0.15) is 5.92 Å². The topological polar surface area (TPSA) is 110 Å². The van der Waals surface area contributed by atoms with Gasteiger partial charge in [-0.05, 0) is 18.6 Å². The molecule has 0 spiro atoms. The van der Waals surface area contributed by atoms with Gasteiger partial charge >= 0.3 is 5.97 Å². The molecule has 0 aromatic carbocycles. The Morgan fingerprint density at radius 2 is 2.23 bits per heavy atom. The lowest BCUT2D eigenvalue weighted by molar-refractivity contribution is -0.146. The van der Waals surface area contributed by atoms with Crippen molar-refractivity contribution in [1.29, 1.82) is 0 Å². The summed E-state index contributed by atoms with van der Waals surface area (Å²) in [5.41, 5.74) is 9.85. The lowest BCUT2D eigenvalue weighted by Gasteiger charge is -2.29. The van der Waals surface area contributed by atoms with Crippen molar-refractivity contribution in [3.05, 3.63) is 23.4 Å². The smallest absolute Gasteiger partial charge is 0.315 e. The molecular formula is C8H12N2O3. The summed E-state index contributed by atoms with van der Waals surface area (Å²) in [6.07, 6.45) is 2.50. The largest absolute Gasteiger partial charge is 0.481 e. The number of carboxylic acids is 1. The van der Waals surface area contributed by atoms with Crippen LogP contribution in [-0.4, -0.2) is 21.9 Å². The van der Waals surface area contributed by atoms with E-state index in [1.807, 2.05) is 0 Å². The number of nitrogens with two attached hydrogens (primary N) is 2. The van der Waals surface area contributed by atoms with E-state index in [0.717, 1.165) is 6.08 Å². The van der Waals surface area contributed by atoms with Crippen molar-refractivity contribution >= 4 is 5.97 Å². The molecule has 5 nitrogen and oxygen atoms in total. The van der Waals surface area contributed by atoms with Gasteiger partial charge in [0.2, 0.25) is 0 Å². The predicted molar refractivity (Wildman–Crippen MR) is 46.3 cm³/mol. The lowest BCUT2D eigenvalue weighted by Crippen LogP contribution is -2.50. The van der Waals surface area contributed by atoms with Gasteiger partial charge in [-0.15, -0.1) is 0 Å². The molecule has 0 saturated heterocycles. The van der Waals surface area contributed by atoms with Crippen LogP contribution < -0.4 is 11.5 Å². The summed E-state index contributed by atoms with van der Waals surface area (Å²) in [5, 5.41) is 18.2. The van der Waals surface area contributed by atoms with E-state index in [-0.39, 0.29) is 0 Å². The summed E-state index contributed by atoms with van der Waals surface area (Å²) in [4.78, 5) is 10.7. The molecule has 0 aromatic heterocycles. The van der Waals surface area contributed by atoms with Gasteiger partial charge in [0.25, 0.3) is 0 Å². The van der Waals surface area contributed by atoms with Gasteiger partial charge in [-0.1, -0.05) is 6.08 Å². The molecule has 13 heavy (non-hydrogen) atoms. The van der Waals surface area contributed by atoms with E-state index in [1.54, 1.807) is 6.92 Å². The Morgan fingerprint density at radius 3 is 2.69 bits per heavy atom. The van der Waals surface area contributed by atoms with Gasteiger partial charge in [-0.25, -0.2) is 0 Å². The second-order valence-electron chi connectivity index (χ2n) is 3.15. The SMILES string of the molecule is CC1=CC(C(=O)O)C(N)(O)C=C1N. The molecule has 0 fully saturated rings. The van der Waals surface area contributed by atoms with Crippen molar-refractivity contribution in [1.82, 2.24) is 0 Å². The quantitative estimate of drug-likeness (QED) is 0.396. The van der Waals surface area contributed by atoms with E-state index < -0.39 is 17.6 Å². The van der Waals surface area contributed by atoms with E-state index in [0.29, 0.717) is 11.3 Å². The maximum absolute atomic E-state index is 10.7. The second kappa shape index (κ2) is 2.86. The second-order valence-corrected chi connectivity index (χ2v) is 3.15. The minimum Gasteiger partial charge on any atom is -0.481 e. The first kappa shape index (κ1) is 9.76. The molecule has 0 bridgehead atoms. The average Bonchev–Trinajstić information content (AvgIpc) is 1.95. The summed E-state index contributed by atoms with van der Waals surface area (Å²) in [6.45, 7) is 1.66. The normalized spacial score (nSPS) is 33.6. The first-order valence-corrected chi connectivity index (χ1v) is 3.76. The maximum atomic E-state index is 10.7. The number of aliphatic carboxylic acids is 1. The highest BCUT2D eigenvalue weighted by molar-refractivity contribution is 5.75. The number of carbonyl (C=O) groups is 1. The molecule has 2 atom stereocenters. The zero-order valence-electron chi connectivity index (χ0n) is 7.19. The molecular weight excluding hydrogens is 172 g/mol. The van der Waals surface area contributed by atoms with Crippen LogP contribution in [0.2, 0.25) is 0 Å². The van der Waals surface area contributed by atoms with E-state index in [2.05, 4.69) is 0 Å². The van der Waals surface area contributed by atoms with E-state index in [9.17, 15) is 9.90 Å². The highest BCUT2D eigenvalue weighted by Gasteiger charge is 2.37. The minimum absolute atomic E-state index is 0.308. The number of carboxylic acid groups (broad SMARTS) is 1. The molecule has 0 aromatic rings. The highest BCUT2D eigenvalue weighted by Crippen LogP contribution is 2.25. The van der Waals surface area contributed by atoms with Crippen LogP contribution in [0.5, 0.6) is 0 Å². The van der Waals surface area contributed by atoms with E-state index in [1.165, 1.54) is 6.08 Å². The van der Waals surface area contributed by atoms with Crippen LogP contribution in [-0.2, 0) is 4.79 Å². The molecule has 5 heteroatoms. The maximum Gasteiger partial charge on any atom is 0.315 e. The van der Waals surface area contributed by atoms with Gasteiger partial charge in [0.05, 0.1) is 0 Å². The molecule has 2 unspecified atom stereocenters. The van der Waals surface area contributed by atoms with Gasteiger partial charge in [-0.2, -0.15) is 0 Å². The van der Waals surface area contributed by atoms with Crippen LogP contribution in [0.25, 0.3) is 0 Å².